The minimum atomic E-state index is 0.0706. The second-order valence-electron chi connectivity index (χ2n) is 8.35. The molecule has 0 aromatic carbocycles. The van der Waals surface area contributed by atoms with Gasteiger partial charge in [-0.2, -0.15) is 5.10 Å². The highest BCUT2D eigenvalue weighted by Crippen LogP contribution is 2.21. The average molecular weight is 383 g/mol. The Bertz CT molecular complexity index is 852. The first-order valence-corrected chi connectivity index (χ1v) is 10.4. The summed E-state index contributed by atoms with van der Waals surface area (Å²) in [5.41, 5.74) is 3.53. The summed E-state index contributed by atoms with van der Waals surface area (Å²) in [5, 5.41) is 4.69. The normalized spacial score (nSPS) is 18.1. The molecule has 3 heterocycles. The van der Waals surface area contributed by atoms with Crippen molar-refractivity contribution in [1.29, 1.82) is 0 Å². The highest BCUT2D eigenvalue weighted by Gasteiger charge is 2.21. The zero-order valence-corrected chi connectivity index (χ0v) is 17.0. The first-order chi connectivity index (χ1) is 13.6. The van der Waals surface area contributed by atoms with E-state index in [0.29, 0.717) is 5.92 Å². The minimum absolute atomic E-state index is 0.0706. The van der Waals surface area contributed by atoms with E-state index in [-0.39, 0.29) is 5.56 Å². The van der Waals surface area contributed by atoms with Crippen LogP contribution in [0.15, 0.2) is 23.3 Å². The van der Waals surface area contributed by atoms with Gasteiger partial charge in [-0.25, -0.2) is 14.6 Å². The van der Waals surface area contributed by atoms with E-state index in [1.807, 2.05) is 37.5 Å². The van der Waals surface area contributed by atoms with Crippen LogP contribution in [-0.2, 0) is 25.9 Å². The lowest BCUT2D eigenvalue weighted by atomic mass is 9.95. The first kappa shape index (κ1) is 19.1. The van der Waals surface area contributed by atoms with Crippen molar-refractivity contribution in [1.82, 2.24) is 24.6 Å². The minimum Gasteiger partial charge on any atom is -0.347 e. The summed E-state index contributed by atoms with van der Waals surface area (Å²) < 4.78 is 1.72. The van der Waals surface area contributed by atoms with Crippen LogP contribution in [0.4, 0.5) is 5.95 Å². The predicted molar refractivity (Wildman–Crippen MR) is 109 cm³/mol. The van der Waals surface area contributed by atoms with Crippen molar-refractivity contribution in [3.05, 3.63) is 45.6 Å². The van der Waals surface area contributed by atoms with Gasteiger partial charge in [0.15, 0.2) is 0 Å². The van der Waals surface area contributed by atoms with Crippen molar-refractivity contribution < 1.29 is 0 Å². The van der Waals surface area contributed by atoms with Crippen LogP contribution in [0.2, 0.25) is 0 Å². The van der Waals surface area contributed by atoms with Crippen LogP contribution in [0.3, 0.4) is 0 Å². The highest BCUT2D eigenvalue weighted by molar-refractivity contribution is 5.26. The molecule has 1 fully saturated rings. The Hall–Kier alpha value is -2.28. The number of piperidine rings is 1. The number of aryl methyl sites for hydroxylation is 2. The molecule has 28 heavy (non-hydrogen) atoms. The molecule has 0 unspecified atom stereocenters. The number of aromatic nitrogens is 4. The van der Waals surface area contributed by atoms with Gasteiger partial charge in [0, 0.05) is 51.2 Å². The summed E-state index contributed by atoms with van der Waals surface area (Å²) in [6.45, 7) is 3.72. The summed E-state index contributed by atoms with van der Waals surface area (Å²) in [6.07, 6.45) is 10.4. The van der Waals surface area contributed by atoms with E-state index in [9.17, 15) is 4.79 Å². The molecule has 0 atom stereocenters. The molecule has 4 rings (SSSR count). The molecule has 0 saturated carbocycles. The second-order valence-corrected chi connectivity index (χ2v) is 8.35. The number of rotatable bonds is 5. The zero-order valence-electron chi connectivity index (χ0n) is 17.0. The van der Waals surface area contributed by atoms with Crippen LogP contribution >= 0.6 is 0 Å². The Morgan fingerprint density at radius 1 is 1.11 bits per heavy atom. The van der Waals surface area contributed by atoms with Crippen molar-refractivity contribution in [3.63, 3.8) is 0 Å². The third-order valence-corrected chi connectivity index (χ3v) is 5.91. The molecule has 7 heteroatoms. The summed E-state index contributed by atoms with van der Waals surface area (Å²) in [7, 11) is 3.89. The maximum absolute atomic E-state index is 12.4. The van der Waals surface area contributed by atoms with E-state index < -0.39 is 0 Å². The van der Waals surface area contributed by atoms with Gasteiger partial charge in [0.2, 0.25) is 5.95 Å². The SMILES string of the molecule is CN(C)c1ncc(CN2CCC(Cn3nc4c(cc3=O)CCCC4)CC2)cn1. The first-order valence-electron chi connectivity index (χ1n) is 10.4. The molecule has 7 nitrogen and oxygen atoms in total. The number of nitrogens with zero attached hydrogens (tertiary/aromatic N) is 6. The fourth-order valence-electron chi connectivity index (χ4n) is 4.22. The molecule has 2 aromatic heterocycles. The van der Waals surface area contributed by atoms with Gasteiger partial charge >= 0.3 is 0 Å². The molecule has 0 N–H and O–H groups in total. The molecule has 2 aromatic rings. The van der Waals surface area contributed by atoms with Crippen molar-refractivity contribution in [2.24, 2.45) is 5.92 Å². The Morgan fingerprint density at radius 2 is 1.82 bits per heavy atom. The fourth-order valence-corrected chi connectivity index (χ4v) is 4.22. The fraction of sp³-hybridized carbons (Fsp3) is 0.619. The van der Waals surface area contributed by atoms with Crippen molar-refractivity contribution in [2.75, 3.05) is 32.1 Å². The molecule has 0 spiro atoms. The molecular formula is C21H30N6O. The van der Waals surface area contributed by atoms with E-state index in [1.54, 1.807) is 4.68 Å². The molecule has 0 bridgehead atoms. The van der Waals surface area contributed by atoms with Crippen molar-refractivity contribution in [2.45, 2.75) is 51.6 Å². The average Bonchev–Trinajstić information content (AvgIpc) is 2.70. The smallest absolute Gasteiger partial charge is 0.267 e. The maximum Gasteiger partial charge on any atom is 0.267 e. The van der Waals surface area contributed by atoms with Gasteiger partial charge in [0.25, 0.3) is 5.56 Å². The topological polar surface area (TPSA) is 67.2 Å². The molecule has 0 amide bonds. The van der Waals surface area contributed by atoms with Gasteiger partial charge in [-0.15, -0.1) is 0 Å². The van der Waals surface area contributed by atoms with E-state index in [2.05, 4.69) is 20.0 Å². The maximum atomic E-state index is 12.4. The zero-order chi connectivity index (χ0) is 19.5. The van der Waals surface area contributed by atoms with Crippen LogP contribution in [-0.4, -0.2) is 51.8 Å². The highest BCUT2D eigenvalue weighted by atomic mass is 16.1. The number of hydrogen-bond acceptors (Lipinski definition) is 6. The Labute approximate surface area is 166 Å². The van der Waals surface area contributed by atoms with Crippen LogP contribution in [0, 0.1) is 5.92 Å². The standard InChI is InChI=1S/C21H30N6O/c1-25(2)21-22-12-17(13-23-21)14-26-9-7-16(8-10-26)15-27-20(28)11-18-5-3-4-6-19(18)24-27/h11-13,16H,3-10,14-15H2,1-2H3. The van der Waals surface area contributed by atoms with Gasteiger partial charge in [-0.05, 0) is 63.1 Å². The molecule has 2 aliphatic rings. The van der Waals surface area contributed by atoms with E-state index in [0.717, 1.165) is 69.1 Å². The Kier molecular flexibility index (Phi) is 5.71. The van der Waals surface area contributed by atoms with Gasteiger partial charge in [-0.1, -0.05) is 0 Å². The monoisotopic (exact) mass is 382 g/mol. The quantitative estimate of drug-likeness (QED) is 0.787. The van der Waals surface area contributed by atoms with Gasteiger partial charge in [-0.3, -0.25) is 9.69 Å². The van der Waals surface area contributed by atoms with Gasteiger partial charge < -0.3 is 4.90 Å². The van der Waals surface area contributed by atoms with Crippen LogP contribution in [0.25, 0.3) is 0 Å². The number of hydrogen-bond donors (Lipinski definition) is 0. The number of anilines is 1. The lowest BCUT2D eigenvalue weighted by molar-refractivity contribution is 0.163. The van der Waals surface area contributed by atoms with Crippen LogP contribution in [0.1, 0.15) is 42.5 Å². The summed E-state index contributed by atoms with van der Waals surface area (Å²) in [4.78, 5) is 25.6. The molecule has 1 saturated heterocycles. The molecule has 1 aliphatic carbocycles. The van der Waals surface area contributed by atoms with E-state index in [4.69, 9.17) is 0 Å². The third-order valence-electron chi connectivity index (χ3n) is 5.91. The van der Waals surface area contributed by atoms with Crippen molar-refractivity contribution >= 4 is 5.95 Å². The largest absolute Gasteiger partial charge is 0.347 e. The number of likely N-dealkylation sites (tertiary alicyclic amines) is 1. The number of fused-ring (bicyclic) bond motifs is 1. The Morgan fingerprint density at radius 3 is 2.54 bits per heavy atom. The van der Waals surface area contributed by atoms with E-state index >= 15 is 0 Å². The predicted octanol–water partition coefficient (Wildman–Crippen LogP) is 1.89. The lowest BCUT2D eigenvalue weighted by Gasteiger charge is -2.32. The molecule has 1 aliphatic heterocycles. The molecular weight excluding hydrogens is 352 g/mol. The second kappa shape index (κ2) is 8.39. The summed E-state index contributed by atoms with van der Waals surface area (Å²) in [5.74, 6) is 1.26. The molecule has 0 radical (unpaired) electrons. The summed E-state index contributed by atoms with van der Waals surface area (Å²) in [6, 6.07) is 1.83. The van der Waals surface area contributed by atoms with Crippen LogP contribution in [0.5, 0.6) is 0 Å². The van der Waals surface area contributed by atoms with Gasteiger partial charge in [0.1, 0.15) is 0 Å². The third kappa shape index (κ3) is 4.41. The van der Waals surface area contributed by atoms with Crippen LogP contribution < -0.4 is 10.5 Å². The van der Waals surface area contributed by atoms with Crippen molar-refractivity contribution in [3.8, 4) is 0 Å². The van der Waals surface area contributed by atoms with Gasteiger partial charge in [0.05, 0.1) is 5.69 Å². The molecule has 150 valence electrons. The lowest BCUT2D eigenvalue weighted by Crippen LogP contribution is -2.37. The summed E-state index contributed by atoms with van der Waals surface area (Å²) >= 11 is 0. The Balaban J connectivity index is 1.31. The van der Waals surface area contributed by atoms with E-state index in [1.165, 1.54) is 18.4 Å².